The molecule has 0 bridgehead atoms. The summed E-state index contributed by atoms with van der Waals surface area (Å²) in [5, 5.41) is 0. The van der Waals surface area contributed by atoms with E-state index in [4.69, 9.17) is 13.9 Å². The van der Waals surface area contributed by atoms with E-state index in [9.17, 15) is 19.2 Å². The Bertz CT molecular complexity index is 1060. The lowest BCUT2D eigenvalue weighted by Crippen LogP contribution is -2.43. The number of rotatable bonds is 3. The van der Waals surface area contributed by atoms with Gasteiger partial charge in [0.2, 0.25) is 17.1 Å². The van der Waals surface area contributed by atoms with E-state index >= 15 is 0 Å². The van der Waals surface area contributed by atoms with E-state index < -0.39 is 41.3 Å². The summed E-state index contributed by atoms with van der Waals surface area (Å²) in [4.78, 5) is 53.9. The number of carbonyl (C=O) groups is 3. The predicted octanol–water partition coefficient (Wildman–Crippen LogP) is 2.79. The molecule has 0 N–H and O–H groups in total. The van der Waals surface area contributed by atoms with Crippen LogP contribution in [0.3, 0.4) is 0 Å². The third-order valence-electron chi connectivity index (χ3n) is 4.12. The molecule has 0 radical (unpaired) electrons. The number of amides is 2. The lowest BCUT2D eigenvalue weighted by atomic mass is 10.1. The first-order valence-electron chi connectivity index (χ1n) is 9.40. The van der Waals surface area contributed by atoms with Gasteiger partial charge >= 0.3 is 12.1 Å². The molecule has 0 spiro atoms. The molecule has 0 unspecified atom stereocenters. The number of hydrogen-bond donors (Lipinski definition) is 0. The number of nitrogens with zero attached hydrogens (tertiary/aromatic N) is 2. The molecule has 0 saturated carbocycles. The van der Waals surface area contributed by atoms with E-state index in [1.165, 1.54) is 12.1 Å². The van der Waals surface area contributed by atoms with E-state index in [1.54, 1.807) is 20.8 Å². The summed E-state index contributed by atoms with van der Waals surface area (Å²) in [5.74, 6) is -1.35. The summed E-state index contributed by atoms with van der Waals surface area (Å²) in [6.07, 6.45) is 3.93. The van der Waals surface area contributed by atoms with Crippen LogP contribution in [-0.2, 0) is 20.7 Å². The topological polar surface area (TPSA) is 116 Å². The van der Waals surface area contributed by atoms with Crippen molar-refractivity contribution in [2.75, 3.05) is 6.54 Å². The fraction of sp³-hybridized carbons (Fsp3) is 0.381. The van der Waals surface area contributed by atoms with Crippen LogP contribution in [0, 0.1) is 0 Å². The first kappa shape index (κ1) is 21.2. The van der Waals surface area contributed by atoms with E-state index in [0.29, 0.717) is 28.5 Å². The Kier molecular flexibility index (Phi) is 5.73. The van der Waals surface area contributed by atoms with Gasteiger partial charge in [-0.15, -0.1) is 0 Å². The number of allylic oxidation sites excluding steroid dienone is 1. The predicted molar refractivity (Wildman–Crippen MR) is 106 cm³/mol. The van der Waals surface area contributed by atoms with E-state index in [-0.39, 0.29) is 5.76 Å². The maximum atomic E-state index is 12.6. The fourth-order valence-corrected chi connectivity index (χ4v) is 2.85. The Labute approximate surface area is 172 Å². The second-order valence-corrected chi connectivity index (χ2v) is 7.76. The molecule has 3 rings (SSSR count). The lowest BCUT2D eigenvalue weighted by molar-refractivity contribution is -0.157. The van der Waals surface area contributed by atoms with Gasteiger partial charge in [0.15, 0.2) is 5.76 Å². The molecule has 158 valence electrons. The number of benzene rings is 1. The highest BCUT2D eigenvalue weighted by molar-refractivity contribution is 5.95. The van der Waals surface area contributed by atoms with Gasteiger partial charge in [0.05, 0.1) is 0 Å². The van der Waals surface area contributed by atoms with Gasteiger partial charge < -0.3 is 13.9 Å². The van der Waals surface area contributed by atoms with Gasteiger partial charge in [0, 0.05) is 13.3 Å². The number of esters is 1. The summed E-state index contributed by atoms with van der Waals surface area (Å²) in [5.41, 5.74) is -0.447. The first-order valence-corrected chi connectivity index (χ1v) is 9.40. The average Bonchev–Trinajstić information content (AvgIpc) is 2.65. The van der Waals surface area contributed by atoms with E-state index in [1.807, 2.05) is 12.2 Å². The van der Waals surface area contributed by atoms with Crippen molar-refractivity contribution in [3.05, 3.63) is 39.9 Å². The van der Waals surface area contributed by atoms with Crippen molar-refractivity contribution >= 4 is 24.0 Å². The molecule has 1 aliphatic heterocycles. The number of aryl methyl sites for hydroxylation is 1. The molecule has 1 heterocycles. The molecule has 2 amide bonds. The summed E-state index contributed by atoms with van der Waals surface area (Å²) >= 11 is 0. The maximum Gasteiger partial charge on any atom is 0.422 e. The van der Waals surface area contributed by atoms with Gasteiger partial charge in [-0.05, 0) is 45.4 Å². The molecule has 0 atom stereocenters. The van der Waals surface area contributed by atoms with Crippen LogP contribution >= 0.6 is 0 Å². The van der Waals surface area contributed by atoms with Gasteiger partial charge in [-0.1, -0.05) is 6.08 Å². The summed E-state index contributed by atoms with van der Waals surface area (Å²) in [7, 11) is 0. The first-order chi connectivity index (χ1) is 14.0. The van der Waals surface area contributed by atoms with Crippen LogP contribution in [-0.4, -0.2) is 40.0 Å². The zero-order valence-corrected chi connectivity index (χ0v) is 17.2. The van der Waals surface area contributed by atoms with Crippen LogP contribution in [0.4, 0.5) is 4.79 Å². The van der Waals surface area contributed by atoms with Gasteiger partial charge in [-0.25, -0.2) is 14.7 Å². The minimum absolute atomic E-state index is 0.00525. The highest BCUT2D eigenvalue weighted by Crippen LogP contribution is 2.32. The van der Waals surface area contributed by atoms with Crippen molar-refractivity contribution in [2.24, 2.45) is 0 Å². The van der Waals surface area contributed by atoms with Crippen molar-refractivity contribution in [1.82, 2.24) is 9.88 Å². The normalized spacial score (nSPS) is 12.9. The van der Waals surface area contributed by atoms with Crippen molar-refractivity contribution in [3.8, 4) is 17.2 Å². The van der Waals surface area contributed by atoms with Gasteiger partial charge in [-0.3, -0.25) is 14.4 Å². The Morgan fingerprint density at radius 3 is 2.63 bits per heavy atom. The van der Waals surface area contributed by atoms with Gasteiger partial charge in [0.25, 0.3) is 0 Å². The minimum Gasteiger partial charge on any atom is -0.459 e. The summed E-state index contributed by atoms with van der Waals surface area (Å²) in [6, 6.07) is 2.66. The number of imide groups is 1. The summed E-state index contributed by atoms with van der Waals surface area (Å²) in [6.45, 7) is 5.42. The summed E-state index contributed by atoms with van der Waals surface area (Å²) < 4.78 is 16.1. The third-order valence-corrected chi connectivity index (χ3v) is 4.12. The fourth-order valence-electron chi connectivity index (χ4n) is 2.85. The SMILES string of the molecule is CC(=O)N(CC(=O)OC(C)(C)C)C(=O)Oc1c2oc3c(nc-2ccc1=O)C=CCC3. The van der Waals surface area contributed by atoms with E-state index in [2.05, 4.69) is 4.98 Å². The minimum atomic E-state index is -1.19. The molecule has 9 heteroatoms. The van der Waals surface area contributed by atoms with Crippen molar-refractivity contribution in [1.29, 1.82) is 0 Å². The number of ether oxygens (including phenoxy) is 2. The molecule has 0 aromatic carbocycles. The second kappa shape index (κ2) is 8.10. The standard InChI is InChI=1S/C21H22N2O7/c1-12(24)23(11-17(26)30-21(2,3)4)20(27)29-19-15(25)10-9-14-18(19)28-16-8-6-5-7-13(16)22-14/h5,7,9-10H,6,8,11H2,1-4H3. The Balaban J connectivity index is 1.90. The van der Waals surface area contributed by atoms with Crippen LogP contribution in [0.5, 0.6) is 5.75 Å². The Morgan fingerprint density at radius 2 is 1.97 bits per heavy atom. The lowest BCUT2D eigenvalue weighted by Gasteiger charge is -2.23. The number of hydrogen-bond acceptors (Lipinski definition) is 8. The highest BCUT2D eigenvalue weighted by atomic mass is 16.6. The monoisotopic (exact) mass is 414 g/mol. The molecular formula is C21H22N2O7. The average molecular weight is 414 g/mol. The largest absolute Gasteiger partial charge is 0.459 e. The van der Waals surface area contributed by atoms with Gasteiger partial charge in [0.1, 0.15) is 29.3 Å². The second-order valence-electron chi connectivity index (χ2n) is 7.76. The Hall–Kier alpha value is -3.49. The zero-order chi connectivity index (χ0) is 22.1. The van der Waals surface area contributed by atoms with Crippen LogP contribution in [0.2, 0.25) is 0 Å². The molecule has 9 nitrogen and oxygen atoms in total. The number of aromatic nitrogens is 1. The highest BCUT2D eigenvalue weighted by Gasteiger charge is 2.29. The molecule has 0 saturated heterocycles. The van der Waals surface area contributed by atoms with E-state index in [0.717, 1.165) is 13.3 Å². The van der Waals surface area contributed by atoms with Crippen LogP contribution < -0.4 is 10.2 Å². The molecule has 0 fully saturated rings. The van der Waals surface area contributed by atoms with Gasteiger partial charge in [-0.2, -0.15) is 0 Å². The quantitative estimate of drug-likeness (QED) is 0.704. The molecule has 0 aromatic rings. The van der Waals surface area contributed by atoms with Crippen LogP contribution in [0.15, 0.2) is 27.4 Å². The zero-order valence-electron chi connectivity index (χ0n) is 17.2. The van der Waals surface area contributed by atoms with Crippen molar-refractivity contribution in [2.45, 2.75) is 46.1 Å². The molecule has 30 heavy (non-hydrogen) atoms. The van der Waals surface area contributed by atoms with Crippen LogP contribution in [0.25, 0.3) is 17.5 Å². The molecular weight excluding hydrogens is 392 g/mol. The Morgan fingerprint density at radius 1 is 1.23 bits per heavy atom. The number of fused-ring (bicyclic) bond motifs is 2. The maximum absolute atomic E-state index is 12.6. The third kappa shape index (κ3) is 4.73. The van der Waals surface area contributed by atoms with Crippen molar-refractivity contribution in [3.63, 3.8) is 0 Å². The molecule has 2 aliphatic carbocycles. The molecule has 3 aliphatic rings. The van der Waals surface area contributed by atoms with Crippen molar-refractivity contribution < 1.29 is 28.3 Å². The van der Waals surface area contributed by atoms with Crippen LogP contribution in [0.1, 0.15) is 45.6 Å². The number of carbonyl (C=O) groups excluding carboxylic acids is 3. The smallest absolute Gasteiger partial charge is 0.422 e. The molecule has 0 aromatic heterocycles.